The van der Waals surface area contributed by atoms with Gasteiger partial charge in [0.25, 0.3) is 0 Å². The second-order valence-corrected chi connectivity index (χ2v) is 6.73. The normalized spacial score (nSPS) is 34.7. The van der Waals surface area contributed by atoms with E-state index in [1.807, 2.05) is 25.1 Å². The predicted octanol–water partition coefficient (Wildman–Crippen LogP) is 2.69. The maximum absolute atomic E-state index is 10.8. The van der Waals surface area contributed by atoms with Crippen LogP contribution >= 0.6 is 15.9 Å². The van der Waals surface area contributed by atoms with Gasteiger partial charge in [-0.25, -0.2) is 0 Å². The number of benzene rings is 1. The van der Waals surface area contributed by atoms with E-state index >= 15 is 0 Å². The van der Waals surface area contributed by atoms with Gasteiger partial charge in [0.2, 0.25) is 0 Å². The Morgan fingerprint density at radius 2 is 2.32 bits per heavy atom. The number of aliphatic hydroxyl groups excluding tert-OH is 1. The van der Waals surface area contributed by atoms with Gasteiger partial charge in [0.05, 0.1) is 18.3 Å². The summed E-state index contributed by atoms with van der Waals surface area (Å²) in [5.41, 5.74) is 7.80. The first-order valence-corrected chi connectivity index (χ1v) is 7.66. The minimum Gasteiger partial charge on any atom is -0.388 e. The zero-order chi connectivity index (χ0) is 13.6. The molecule has 0 spiro atoms. The summed E-state index contributed by atoms with van der Waals surface area (Å²) in [7, 11) is 0. The van der Waals surface area contributed by atoms with E-state index in [1.54, 1.807) is 0 Å². The molecule has 0 amide bonds. The molecule has 3 rings (SSSR count). The van der Waals surface area contributed by atoms with Gasteiger partial charge in [-0.15, -0.1) is 0 Å². The highest BCUT2D eigenvalue weighted by atomic mass is 79.9. The van der Waals surface area contributed by atoms with E-state index in [4.69, 9.17) is 10.5 Å². The average Bonchev–Trinajstić information content (AvgIpc) is 3.02. The molecule has 3 nitrogen and oxygen atoms in total. The summed E-state index contributed by atoms with van der Waals surface area (Å²) >= 11 is 3.53. The standard InChI is InChI=1S/C15H20BrNO2/c1-9-2-3-10(6-12(9)16)14(18)15(8-17)7-11-4-5-13(15)19-11/h2-3,6,11,13-14,18H,4-5,7-8,17H2,1H3. The van der Waals surface area contributed by atoms with Gasteiger partial charge < -0.3 is 15.6 Å². The molecule has 3 N–H and O–H groups in total. The van der Waals surface area contributed by atoms with Crippen LogP contribution in [0.5, 0.6) is 0 Å². The Bertz CT molecular complexity index is 493. The van der Waals surface area contributed by atoms with Crippen molar-refractivity contribution in [1.29, 1.82) is 0 Å². The van der Waals surface area contributed by atoms with Crippen molar-refractivity contribution < 1.29 is 9.84 Å². The Hall–Kier alpha value is -0.420. The van der Waals surface area contributed by atoms with Gasteiger partial charge in [-0.3, -0.25) is 0 Å². The molecular formula is C15H20BrNO2. The van der Waals surface area contributed by atoms with Gasteiger partial charge in [-0.2, -0.15) is 0 Å². The molecule has 4 atom stereocenters. The van der Waals surface area contributed by atoms with Crippen LogP contribution in [0.15, 0.2) is 22.7 Å². The Morgan fingerprint density at radius 1 is 1.53 bits per heavy atom. The average molecular weight is 326 g/mol. The summed E-state index contributed by atoms with van der Waals surface area (Å²) in [5, 5.41) is 10.8. The Labute approximate surface area is 122 Å². The highest BCUT2D eigenvalue weighted by Crippen LogP contribution is 2.53. The molecule has 0 radical (unpaired) electrons. The summed E-state index contributed by atoms with van der Waals surface area (Å²) < 4.78 is 6.95. The quantitative estimate of drug-likeness (QED) is 0.898. The van der Waals surface area contributed by atoms with Gasteiger partial charge in [-0.05, 0) is 43.4 Å². The predicted molar refractivity (Wildman–Crippen MR) is 77.8 cm³/mol. The molecular weight excluding hydrogens is 306 g/mol. The van der Waals surface area contributed by atoms with E-state index in [1.165, 1.54) is 5.56 Å². The molecule has 104 valence electrons. The van der Waals surface area contributed by atoms with E-state index in [0.29, 0.717) is 6.54 Å². The van der Waals surface area contributed by atoms with Crippen LogP contribution in [0.4, 0.5) is 0 Å². The maximum atomic E-state index is 10.8. The molecule has 2 fully saturated rings. The largest absolute Gasteiger partial charge is 0.388 e. The zero-order valence-electron chi connectivity index (χ0n) is 11.1. The van der Waals surface area contributed by atoms with Crippen LogP contribution < -0.4 is 5.73 Å². The first kappa shape index (κ1) is 13.6. The third kappa shape index (κ3) is 2.05. The third-order valence-electron chi connectivity index (χ3n) is 4.79. The SMILES string of the molecule is Cc1ccc(C(O)C2(CN)CC3CCC2O3)cc1Br. The monoisotopic (exact) mass is 325 g/mol. The third-order valence-corrected chi connectivity index (χ3v) is 5.65. The maximum Gasteiger partial charge on any atom is 0.0884 e. The molecule has 1 aromatic carbocycles. The molecule has 2 bridgehead atoms. The molecule has 2 aliphatic heterocycles. The highest BCUT2D eigenvalue weighted by Gasteiger charge is 2.55. The topological polar surface area (TPSA) is 55.5 Å². The van der Waals surface area contributed by atoms with Crippen LogP contribution in [0.3, 0.4) is 0 Å². The van der Waals surface area contributed by atoms with Crippen LogP contribution in [0, 0.1) is 12.3 Å². The van der Waals surface area contributed by atoms with Crippen molar-refractivity contribution in [2.45, 2.75) is 44.5 Å². The number of aliphatic hydroxyl groups is 1. The van der Waals surface area contributed by atoms with Gasteiger partial charge in [0.15, 0.2) is 0 Å². The molecule has 0 aromatic heterocycles. The van der Waals surface area contributed by atoms with Crippen molar-refractivity contribution in [3.63, 3.8) is 0 Å². The minimum absolute atomic E-state index is 0.109. The number of nitrogens with two attached hydrogens (primary N) is 1. The van der Waals surface area contributed by atoms with Crippen LogP contribution in [0.2, 0.25) is 0 Å². The number of halogens is 1. The van der Waals surface area contributed by atoms with Crippen LogP contribution in [0.25, 0.3) is 0 Å². The minimum atomic E-state index is -0.551. The van der Waals surface area contributed by atoms with Crippen molar-refractivity contribution in [2.24, 2.45) is 11.1 Å². The molecule has 4 unspecified atom stereocenters. The number of fused-ring (bicyclic) bond motifs is 2. The van der Waals surface area contributed by atoms with Crippen molar-refractivity contribution in [3.05, 3.63) is 33.8 Å². The summed E-state index contributed by atoms with van der Waals surface area (Å²) in [5.74, 6) is 0. The summed E-state index contributed by atoms with van der Waals surface area (Å²) in [4.78, 5) is 0. The Kier molecular flexibility index (Phi) is 3.46. The first-order valence-electron chi connectivity index (χ1n) is 6.86. The molecule has 2 heterocycles. The molecule has 4 heteroatoms. The number of rotatable bonds is 3. The molecule has 1 aromatic rings. The summed E-state index contributed by atoms with van der Waals surface area (Å²) in [6.45, 7) is 2.51. The van der Waals surface area contributed by atoms with Crippen LogP contribution in [-0.2, 0) is 4.74 Å². The van der Waals surface area contributed by atoms with Crippen LogP contribution in [-0.4, -0.2) is 23.9 Å². The molecule has 0 saturated carbocycles. The fraction of sp³-hybridized carbons (Fsp3) is 0.600. The second-order valence-electron chi connectivity index (χ2n) is 5.88. The van der Waals surface area contributed by atoms with Gasteiger partial charge >= 0.3 is 0 Å². The fourth-order valence-corrected chi connectivity index (χ4v) is 3.96. The number of hydrogen-bond acceptors (Lipinski definition) is 3. The number of hydrogen-bond donors (Lipinski definition) is 2. The second kappa shape index (κ2) is 4.85. The van der Waals surface area contributed by atoms with E-state index in [9.17, 15) is 5.11 Å². The van der Waals surface area contributed by atoms with Crippen molar-refractivity contribution in [2.75, 3.05) is 6.54 Å². The lowest BCUT2D eigenvalue weighted by Gasteiger charge is -2.38. The highest BCUT2D eigenvalue weighted by molar-refractivity contribution is 9.10. The molecule has 2 saturated heterocycles. The van der Waals surface area contributed by atoms with Crippen molar-refractivity contribution in [3.8, 4) is 0 Å². The van der Waals surface area contributed by atoms with Gasteiger partial charge in [-0.1, -0.05) is 28.1 Å². The lowest BCUT2D eigenvalue weighted by molar-refractivity contribution is -0.0264. The molecule has 19 heavy (non-hydrogen) atoms. The lowest BCUT2D eigenvalue weighted by Crippen LogP contribution is -2.44. The first-order chi connectivity index (χ1) is 9.06. The summed E-state index contributed by atoms with van der Waals surface area (Å²) in [6.07, 6.45) is 2.85. The zero-order valence-corrected chi connectivity index (χ0v) is 12.7. The number of ether oxygens (including phenoxy) is 1. The van der Waals surface area contributed by atoms with E-state index < -0.39 is 6.10 Å². The van der Waals surface area contributed by atoms with Crippen LogP contribution in [0.1, 0.15) is 36.5 Å². The summed E-state index contributed by atoms with van der Waals surface area (Å²) in [6, 6.07) is 6.03. The van der Waals surface area contributed by atoms with E-state index in [0.717, 1.165) is 29.3 Å². The van der Waals surface area contributed by atoms with Gasteiger partial charge in [0.1, 0.15) is 0 Å². The smallest absolute Gasteiger partial charge is 0.0884 e. The molecule has 2 aliphatic rings. The number of aryl methyl sites for hydroxylation is 1. The fourth-order valence-electron chi connectivity index (χ4n) is 3.56. The Morgan fingerprint density at radius 3 is 2.84 bits per heavy atom. The lowest BCUT2D eigenvalue weighted by atomic mass is 9.68. The Balaban J connectivity index is 1.93. The van der Waals surface area contributed by atoms with E-state index in [-0.39, 0.29) is 17.6 Å². The van der Waals surface area contributed by atoms with E-state index in [2.05, 4.69) is 15.9 Å². The molecule has 0 aliphatic carbocycles. The van der Waals surface area contributed by atoms with Crippen molar-refractivity contribution >= 4 is 15.9 Å². The van der Waals surface area contributed by atoms with Crippen molar-refractivity contribution in [1.82, 2.24) is 0 Å². The van der Waals surface area contributed by atoms with Gasteiger partial charge in [0, 0.05) is 16.4 Å².